The van der Waals surface area contributed by atoms with E-state index in [1.807, 2.05) is 0 Å². The van der Waals surface area contributed by atoms with Gasteiger partial charge in [-0.05, 0) is 83.5 Å². The monoisotopic (exact) mass is 725 g/mol. The van der Waals surface area contributed by atoms with E-state index in [4.69, 9.17) is 14.2 Å². The summed E-state index contributed by atoms with van der Waals surface area (Å²) in [6, 6.07) is 0. The molecule has 0 rings (SSSR count). The van der Waals surface area contributed by atoms with Crippen molar-refractivity contribution in [2.75, 3.05) is 13.2 Å². The molecule has 0 saturated heterocycles. The number of hydrogen-bond acceptors (Lipinski definition) is 6. The van der Waals surface area contributed by atoms with Crippen molar-refractivity contribution in [3.05, 3.63) is 72.9 Å². The molecule has 0 saturated carbocycles. The zero-order valence-electron chi connectivity index (χ0n) is 33.5. The quantitative estimate of drug-likeness (QED) is 0.0277. The van der Waals surface area contributed by atoms with Gasteiger partial charge in [0.05, 0.1) is 0 Å². The Labute approximate surface area is 319 Å². The minimum Gasteiger partial charge on any atom is -0.462 e. The number of carbonyl (C=O) groups is 3. The molecule has 0 spiro atoms. The van der Waals surface area contributed by atoms with Crippen molar-refractivity contribution >= 4 is 17.9 Å². The first-order chi connectivity index (χ1) is 25.5. The second-order valence-electron chi connectivity index (χ2n) is 13.5. The summed E-state index contributed by atoms with van der Waals surface area (Å²) < 4.78 is 16.6. The molecule has 52 heavy (non-hydrogen) atoms. The van der Waals surface area contributed by atoms with Crippen molar-refractivity contribution in [2.45, 2.75) is 187 Å². The van der Waals surface area contributed by atoms with Gasteiger partial charge in [-0.3, -0.25) is 14.4 Å². The van der Waals surface area contributed by atoms with Crippen molar-refractivity contribution in [1.29, 1.82) is 0 Å². The first-order valence-electron chi connectivity index (χ1n) is 20.9. The molecule has 0 aliphatic heterocycles. The van der Waals surface area contributed by atoms with Crippen LogP contribution in [-0.4, -0.2) is 37.2 Å². The van der Waals surface area contributed by atoms with E-state index in [1.165, 1.54) is 44.9 Å². The van der Waals surface area contributed by atoms with Crippen LogP contribution in [0.25, 0.3) is 0 Å². The van der Waals surface area contributed by atoms with Gasteiger partial charge in [0.1, 0.15) is 13.2 Å². The second-order valence-corrected chi connectivity index (χ2v) is 13.5. The van der Waals surface area contributed by atoms with E-state index in [2.05, 4.69) is 93.7 Å². The maximum Gasteiger partial charge on any atom is 0.306 e. The summed E-state index contributed by atoms with van der Waals surface area (Å²) in [4.78, 5) is 37.5. The van der Waals surface area contributed by atoms with E-state index < -0.39 is 6.10 Å². The van der Waals surface area contributed by atoms with Crippen LogP contribution in [0, 0.1) is 0 Å². The van der Waals surface area contributed by atoms with Crippen LogP contribution in [0.3, 0.4) is 0 Å². The Morgan fingerprint density at radius 3 is 1.17 bits per heavy atom. The van der Waals surface area contributed by atoms with Crippen LogP contribution in [0.15, 0.2) is 72.9 Å². The Balaban J connectivity index is 4.51. The van der Waals surface area contributed by atoms with Gasteiger partial charge in [-0.15, -0.1) is 0 Å². The lowest BCUT2D eigenvalue weighted by molar-refractivity contribution is -0.167. The van der Waals surface area contributed by atoms with E-state index >= 15 is 0 Å². The van der Waals surface area contributed by atoms with Crippen LogP contribution in [0.2, 0.25) is 0 Å². The number of allylic oxidation sites excluding steroid dienone is 12. The predicted octanol–water partition coefficient (Wildman–Crippen LogP) is 13.1. The molecule has 6 nitrogen and oxygen atoms in total. The molecule has 0 N–H and O–H groups in total. The highest BCUT2D eigenvalue weighted by Gasteiger charge is 2.19. The summed E-state index contributed by atoms with van der Waals surface area (Å²) in [5, 5.41) is 0. The van der Waals surface area contributed by atoms with Gasteiger partial charge in [-0.2, -0.15) is 0 Å². The molecule has 0 aliphatic rings. The summed E-state index contributed by atoms with van der Waals surface area (Å²) in [5.41, 5.74) is 0. The second kappa shape index (κ2) is 40.6. The van der Waals surface area contributed by atoms with E-state index in [0.717, 1.165) is 89.9 Å². The molecular formula is C46H76O6. The molecule has 0 aromatic heterocycles. The molecule has 1 unspecified atom stereocenters. The molecule has 1 atom stereocenters. The molecule has 0 bridgehead atoms. The maximum absolute atomic E-state index is 12.6. The lowest BCUT2D eigenvalue weighted by Crippen LogP contribution is -2.30. The van der Waals surface area contributed by atoms with Gasteiger partial charge in [0, 0.05) is 19.3 Å². The van der Waals surface area contributed by atoms with Crippen molar-refractivity contribution in [3.8, 4) is 0 Å². The van der Waals surface area contributed by atoms with Gasteiger partial charge in [-0.25, -0.2) is 0 Å². The fraction of sp³-hybridized carbons (Fsp3) is 0.674. The van der Waals surface area contributed by atoms with Gasteiger partial charge in [0.25, 0.3) is 0 Å². The van der Waals surface area contributed by atoms with Crippen molar-refractivity contribution in [2.24, 2.45) is 0 Å². The number of hydrogen-bond donors (Lipinski definition) is 0. The lowest BCUT2D eigenvalue weighted by atomic mass is 10.1. The fourth-order valence-corrected chi connectivity index (χ4v) is 5.35. The van der Waals surface area contributed by atoms with Crippen LogP contribution in [0.5, 0.6) is 0 Å². The molecule has 0 aromatic rings. The average Bonchev–Trinajstić information content (AvgIpc) is 3.14. The summed E-state index contributed by atoms with van der Waals surface area (Å²) in [6.45, 7) is 6.29. The minimum absolute atomic E-state index is 0.103. The van der Waals surface area contributed by atoms with Gasteiger partial charge in [0.15, 0.2) is 6.10 Å². The number of rotatable bonds is 36. The van der Waals surface area contributed by atoms with Gasteiger partial charge in [-0.1, -0.05) is 151 Å². The topological polar surface area (TPSA) is 78.9 Å². The highest BCUT2D eigenvalue weighted by Crippen LogP contribution is 2.12. The standard InChI is InChI=1S/C46H76O6/c1-4-7-10-13-16-19-22-24-27-30-33-36-39-45(48)51-42-43(41-50-44(47)38-35-32-29-26-21-18-15-12-9-6-3)52-46(49)40-37-34-31-28-25-23-20-17-14-11-8-5-2/h7-8,10-11,16-17,19-20,24-25,27-28,43H,4-6,9,12-15,18,21-23,26,29-42H2,1-3H3/b10-7-,11-8-,19-16-,20-17-,27-24-,28-25-. The number of carbonyl (C=O) groups excluding carboxylic acids is 3. The Morgan fingerprint density at radius 2 is 0.750 bits per heavy atom. The van der Waals surface area contributed by atoms with Crippen molar-refractivity contribution < 1.29 is 28.6 Å². The Morgan fingerprint density at radius 1 is 0.404 bits per heavy atom. The summed E-state index contributed by atoms with van der Waals surface area (Å²) in [5.74, 6) is -0.996. The number of unbranched alkanes of at least 4 members (excludes halogenated alkanes) is 13. The third kappa shape index (κ3) is 38.1. The highest BCUT2D eigenvalue weighted by atomic mass is 16.6. The molecule has 0 radical (unpaired) electrons. The maximum atomic E-state index is 12.6. The summed E-state index contributed by atoms with van der Waals surface area (Å²) in [6.07, 6.45) is 48.9. The van der Waals surface area contributed by atoms with Crippen molar-refractivity contribution in [1.82, 2.24) is 0 Å². The first kappa shape index (κ1) is 48.9. The average molecular weight is 725 g/mol. The Kier molecular flexibility index (Phi) is 38.2. The third-order valence-corrected chi connectivity index (χ3v) is 8.46. The van der Waals surface area contributed by atoms with Gasteiger partial charge >= 0.3 is 17.9 Å². The van der Waals surface area contributed by atoms with Crippen LogP contribution >= 0.6 is 0 Å². The Bertz CT molecular complexity index is 1020. The highest BCUT2D eigenvalue weighted by molar-refractivity contribution is 5.71. The van der Waals surface area contributed by atoms with Crippen LogP contribution in [0.4, 0.5) is 0 Å². The SMILES string of the molecule is CC/C=C\C/C=C\C/C=C\CCCCC(=O)OCC(COC(=O)CCCCCCCCCCCC)OC(=O)CCCC/C=C\C/C=C\C/C=C\CC. The zero-order valence-corrected chi connectivity index (χ0v) is 33.5. The van der Waals surface area contributed by atoms with E-state index in [9.17, 15) is 14.4 Å². The van der Waals surface area contributed by atoms with Crippen LogP contribution in [0.1, 0.15) is 181 Å². The predicted molar refractivity (Wildman–Crippen MR) is 219 cm³/mol. The number of esters is 3. The normalized spacial score (nSPS) is 12.8. The molecule has 0 amide bonds. The molecule has 0 aliphatic carbocycles. The zero-order chi connectivity index (χ0) is 38.0. The molecule has 6 heteroatoms. The third-order valence-electron chi connectivity index (χ3n) is 8.46. The molecule has 0 fully saturated rings. The van der Waals surface area contributed by atoms with E-state index in [0.29, 0.717) is 19.3 Å². The number of ether oxygens (including phenoxy) is 3. The minimum atomic E-state index is -0.805. The Hall–Kier alpha value is -3.15. The summed E-state index contributed by atoms with van der Waals surface area (Å²) in [7, 11) is 0. The van der Waals surface area contributed by atoms with Crippen LogP contribution in [-0.2, 0) is 28.6 Å². The molecule has 0 heterocycles. The largest absolute Gasteiger partial charge is 0.462 e. The van der Waals surface area contributed by atoms with Gasteiger partial charge < -0.3 is 14.2 Å². The van der Waals surface area contributed by atoms with Crippen LogP contribution < -0.4 is 0 Å². The van der Waals surface area contributed by atoms with E-state index in [-0.39, 0.29) is 37.5 Å². The molecular weight excluding hydrogens is 648 g/mol. The molecule has 0 aromatic carbocycles. The lowest BCUT2D eigenvalue weighted by Gasteiger charge is -2.18. The fourth-order valence-electron chi connectivity index (χ4n) is 5.35. The van der Waals surface area contributed by atoms with E-state index in [1.54, 1.807) is 0 Å². The smallest absolute Gasteiger partial charge is 0.306 e. The molecule has 296 valence electrons. The first-order valence-corrected chi connectivity index (χ1v) is 20.9. The van der Waals surface area contributed by atoms with Crippen molar-refractivity contribution in [3.63, 3.8) is 0 Å². The summed E-state index contributed by atoms with van der Waals surface area (Å²) >= 11 is 0. The van der Waals surface area contributed by atoms with Gasteiger partial charge in [0.2, 0.25) is 0 Å².